The van der Waals surface area contributed by atoms with Crippen molar-refractivity contribution in [3.8, 4) is 0 Å². The maximum atomic E-state index is 12.8. The van der Waals surface area contributed by atoms with Crippen molar-refractivity contribution >= 4 is 56.1 Å². The molecule has 4 rings (SSSR count). The molecule has 2 atom stereocenters. The van der Waals surface area contributed by atoms with Crippen LogP contribution in [0.2, 0.25) is 10.0 Å². The summed E-state index contributed by atoms with van der Waals surface area (Å²) in [4.78, 5) is 0.198. The van der Waals surface area contributed by atoms with Crippen LogP contribution in [0.25, 0.3) is 0 Å². The van der Waals surface area contributed by atoms with Crippen molar-refractivity contribution in [2.24, 2.45) is 5.10 Å². The minimum absolute atomic E-state index is 0.0763. The third kappa shape index (κ3) is 4.75. The minimum Gasteiger partial charge on any atom is -0.299 e. The zero-order valence-corrected chi connectivity index (χ0v) is 19.1. The third-order valence-electron chi connectivity index (χ3n) is 4.89. The summed E-state index contributed by atoms with van der Waals surface area (Å²) in [5, 5.41) is 5.56. The predicted molar refractivity (Wildman–Crippen MR) is 128 cm³/mol. The van der Waals surface area contributed by atoms with Crippen molar-refractivity contribution in [1.29, 1.82) is 0 Å². The molecule has 3 aromatic carbocycles. The second-order valence-corrected chi connectivity index (χ2v) is 9.92. The van der Waals surface area contributed by atoms with E-state index in [0.717, 1.165) is 16.8 Å². The molecule has 158 valence electrons. The molecule has 2 N–H and O–H groups in total. The van der Waals surface area contributed by atoms with E-state index < -0.39 is 16.1 Å². The summed E-state index contributed by atoms with van der Waals surface area (Å²) in [6.45, 7) is 0. The number of sulfonamides is 1. The van der Waals surface area contributed by atoms with Crippen molar-refractivity contribution in [3.05, 3.63) is 100 Å². The van der Waals surface area contributed by atoms with Gasteiger partial charge in [-0.05, 0) is 47.5 Å². The van der Waals surface area contributed by atoms with Gasteiger partial charge in [0.1, 0.15) is 11.0 Å². The summed E-state index contributed by atoms with van der Waals surface area (Å²) in [7, 11) is -3.87. The topological polar surface area (TPSA) is 70.6 Å². The molecular formula is C22H17Cl2N3O2S2. The number of nitrogens with zero attached hydrogens (tertiary/aromatic N) is 1. The van der Waals surface area contributed by atoms with E-state index in [9.17, 15) is 8.42 Å². The molecule has 0 aliphatic carbocycles. The Bertz CT molecular complexity index is 1230. The monoisotopic (exact) mass is 489 g/mol. The Kier molecular flexibility index (Phi) is 6.29. The van der Waals surface area contributed by atoms with Crippen LogP contribution in [0, 0.1) is 0 Å². The van der Waals surface area contributed by atoms with Gasteiger partial charge < -0.3 is 0 Å². The van der Waals surface area contributed by atoms with Crippen LogP contribution in [0.5, 0.6) is 0 Å². The standard InChI is InChI=1S/C22H17Cl2N3O2S2/c23-16-8-6-15(7-9-16)20-19(14-4-2-1-3-5-14)21(26-25-20)22(30)27-31(28,29)18-12-10-17(24)11-13-18/h1-13,19,21,26H,(H,27,30). The van der Waals surface area contributed by atoms with Crippen molar-refractivity contribution in [1.82, 2.24) is 10.1 Å². The van der Waals surface area contributed by atoms with Gasteiger partial charge in [-0.15, -0.1) is 0 Å². The van der Waals surface area contributed by atoms with E-state index in [2.05, 4.69) is 15.2 Å². The van der Waals surface area contributed by atoms with Gasteiger partial charge in [-0.1, -0.05) is 77.9 Å². The Labute approximate surface area is 196 Å². The van der Waals surface area contributed by atoms with Crippen LogP contribution in [0.4, 0.5) is 0 Å². The second-order valence-electron chi connectivity index (χ2n) is 6.92. The number of halogens is 2. The molecule has 0 fully saturated rings. The van der Waals surface area contributed by atoms with Gasteiger partial charge in [0.2, 0.25) is 0 Å². The average molecular weight is 490 g/mol. The van der Waals surface area contributed by atoms with E-state index in [1.165, 1.54) is 24.3 Å². The fraction of sp³-hybridized carbons (Fsp3) is 0.0909. The molecular weight excluding hydrogens is 473 g/mol. The fourth-order valence-corrected chi connectivity index (χ4v) is 5.17. The second kappa shape index (κ2) is 8.96. The molecule has 0 spiro atoms. The number of hydrazone groups is 1. The zero-order valence-electron chi connectivity index (χ0n) is 16.0. The Hall–Kier alpha value is -2.45. The average Bonchev–Trinajstić information content (AvgIpc) is 3.20. The smallest absolute Gasteiger partial charge is 0.262 e. The van der Waals surface area contributed by atoms with Gasteiger partial charge in [0.25, 0.3) is 10.0 Å². The first-order valence-corrected chi connectivity index (χ1v) is 12.0. The van der Waals surface area contributed by atoms with Crippen LogP contribution < -0.4 is 10.1 Å². The molecule has 5 nitrogen and oxygen atoms in total. The number of hydrogen-bond donors (Lipinski definition) is 2. The van der Waals surface area contributed by atoms with Gasteiger partial charge in [0.05, 0.1) is 16.5 Å². The molecule has 9 heteroatoms. The van der Waals surface area contributed by atoms with Crippen molar-refractivity contribution in [2.45, 2.75) is 16.9 Å². The van der Waals surface area contributed by atoms with Crippen LogP contribution in [-0.2, 0) is 10.0 Å². The van der Waals surface area contributed by atoms with Gasteiger partial charge in [-0.2, -0.15) is 5.10 Å². The lowest BCUT2D eigenvalue weighted by Crippen LogP contribution is -2.45. The summed E-state index contributed by atoms with van der Waals surface area (Å²) in [6.07, 6.45) is 0. The van der Waals surface area contributed by atoms with E-state index >= 15 is 0 Å². The van der Waals surface area contributed by atoms with E-state index in [1.807, 2.05) is 42.5 Å². The van der Waals surface area contributed by atoms with Crippen LogP contribution in [0.15, 0.2) is 88.9 Å². The highest BCUT2D eigenvalue weighted by atomic mass is 35.5. The van der Waals surface area contributed by atoms with Gasteiger partial charge in [-0.25, -0.2) is 8.42 Å². The molecule has 0 radical (unpaired) electrons. The summed E-state index contributed by atoms with van der Waals surface area (Å²) < 4.78 is 28.2. The number of hydrogen-bond acceptors (Lipinski definition) is 5. The highest BCUT2D eigenvalue weighted by molar-refractivity contribution is 7.92. The Balaban J connectivity index is 1.64. The fourth-order valence-electron chi connectivity index (χ4n) is 3.40. The van der Waals surface area contributed by atoms with Crippen LogP contribution in [-0.4, -0.2) is 25.2 Å². The van der Waals surface area contributed by atoms with Gasteiger partial charge in [0, 0.05) is 10.0 Å². The summed E-state index contributed by atoms with van der Waals surface area (Å²) >= 11 is 17.4. The Morgan fingerprint density at radius 1 is 0.903 bits per heavy atom. The van der Waals surface area contributed by atoms with E-state index in [1.54, 1.807) is 12.1 Å². The summed E-state index contributed by atoms with van der Waals surface area (Å²) in [5.74, 6) is -0.289. The highest BCUT2D eigenvalue weighted by Gasteiger charge is 2.37. The molecule has 0 saturated carbocycles. The minimum atomic E-state index is -3.87. The summed E-state index contributed by atoms with van der Waals surface area (Å²) in [5.41, 5.74) is 5.60. The zero-order chi connectivity index (χ0) is 22.0. The van der Waals surface area contributed by atoms with Gasteiger partial charge in [0.15, 0.2) is 0 Å². The molecule has 0 bridgehead atoms. The normalized spacial score (nSPS) is 18.2. The number of thiocarbonyl (C=S) groups is 1. The van der Waals surface area contributed by atoms with Gasteiger partial charge in [-0.3, -0.25) is 10.1 Å². The van der Waals surface area contributed by atoms with E-state index in [0.29, 0.717) is 10.0 Å². The lowest BCUT2D eigenvalue weighted by atomic mass is 9.85. The molecule has 1 aliphatic heterocycles. The molecule has 0 aromatic heterocycles. The Morgan fingerprint density at radius 3 is 2.10 bits per heavy atom. The maximum absolute atomic E-state index is 12.8. The quantitative estimate of drug-likeness (QED) is 0.506. The number of rotatable bonds is 5. The molecule has 0 saturated heterocycles. The first kappa shape index (κ1) is 21.8. The Morgan fingerprint density at radius 2 is 1.48 bits per heavy atom. The largest absolute Gasteiger partial charge is 0.299 e. The van der Waals surface area contributed by atoms with E-state index in [-0.39, 0.29) is 15.8 Å². The molecule has 1 heterocycles. The highest BCUT2D eigenvalue weighted by Crippen LogP contribution is 2.30. The maximum Gasteiger partial charge on any atom is 0.262 e. The number of nitrogens with one attached hydrogen (secondary N) is 2. The van der Waals surface area contributed by atoms with E-state index in [4.69, 9.17) is 35.4 Å². The third-order valence-corrected chi connectivity index (χ3v) is 7.26. The molecule has 0 amide bonds. The van der Waals surface area contributed by atoms with Crippen molar-refractivity contribution < 1.29 is 8.42 Å². The van der Waals surface area contributed by atoms with Crippen molar-refractivity contribution in [3.63, 3.8) is 0 Å². The lowest BCUT2D eigenvalue weighted by Gasteiger charge is -2.23. The lowest BCUT2D eigenvalue weighted by molar-refractivity contribution is 0.589. The van der Waals surface area contributed by atoms with Crippen LogP contribution in [0.1, 0.15) is 17.0 Å². The molecule has 2 unspecified atom stereocenters. The van der Waals surface area contributed by atoms with Crippen LogP contribution in [0.3, 0.4) is 0 Å². The first-order chi connectivity index (χ1) is 14.8. The molecule has 1 aliphatic rings. The number of benzene rings is 3. The van der Waals surface area contributed by atoms with Crippen LogP contribution >= 0.6 is 35.4 Å². The van der Waals surface area contributed by atoms with Crippen molar-refractivity contribution in [2.75, 3.05) is 0 Å². The predicted octanol–water partition coefficient (Wildman–Crippen LogP) is 4.76. The SMILES string of the molecule is O=S(=O)(NC(=S)C1NN=C(c2ccc(Cl)cc2)C1c1ccccc1)c1ccc(Cl)cc1. The molecule has 31 heavy (non-hydrogen) atoms. The molecule has 3 aromatic rings. The summed E-state index contributed by atoms with van der Waals surface area (Å²) in [6, 6.07) is 22.4. The first-order valence-electron chi connectivity index (χ1n) is 9.31. The van der Waals surface area contributed by atoms with Gasteiger partial charge >= 0.3 is 0 Å².